The van der Waals surface area contributed by atoms with Crippen LogP contribution in [0.15, 0.2) is 23.1 Å². The lowest BCUT2D eigenvalue weighted by atomic mass is 10.2. The molecule has 18 heavy (non-hydrogen) atoms. The highest BCUT2D eigenvalue weighted by molar-refractivity contribution is 7.90. The van der Waals surface area contributed by atoms with E-state index < -0.39 is 9.84 Å². The van der Waals surface area contributed by atoms with Crippen molar-refractivity contribution in [1.29, 1.82) is 0 Å². The van der Waals surface area contributed by atoms with Crippen molar-refractivity contribution in [2.24, 2.45) is 0 Å². The Kier molecular flexibility index (Phi) is 5.16. The normalized spacial score (nSPS) is 11.3. The van der Waals surface area contributed by atoms with E-state index in [1.165, 1.54) is 18.2 Å². The summed E-state index contributed by atoms with van der Waals surface area (Å²) < 4.78 is 22.9. The number of sulfone groups is 1. The van der Waals surface area contributed by atoms with E-state index in [9.17, 15) is 13.2 Å². The van der Waals surface area contributed by atoms with Gasteiger partial charge in [-0.2, -0.15) is 0 Å². The maximum absolute atomic E-state index is 11.8. The van der Waals surface area contributed by atoms with Crippen LogP contribution in [-0.2, 0) is 9.84 Å². The number of benzene rings is 1. The van der Waals surface area contributed by atoms with E-state index in [0.29, 0.717) is 12.1 Å². The number of unbranched alkanes of at least 4 members (excludes halogenated alkanes) is 1. The zero-order valence-corrected chi connectivity index (χ0v) is 11.9. The van der Waals surface area contributed by atoms with Crippen LogP contribution in [0.5, 0.6) is 0 Å². The molecule has 0 fully saturated rings. The van der Waals surface area contributed by atoms with Crippen molar-refractivity contribution in [3.8, 4) is 0 Å². The monoisotopic (exact) mass is 289 g/mol. The van der Waals surface area contributed by atoms with Gasteiger partial charge in [0.05, 0.1) is 9.92 Å². The Bertz CT molecular complexity index is 540. The molecule has 1 aromatic rings. The third-order valence-corrected chi connectivity index (χ3v) is 3.99. The van der Waals surface area contributed by atoms with Crippen LogP contribution in [0.2, 0.25) is 5.02 Å². The fourth-order valence-corrected chi connectivity index (χ4v) is 2.71. The van der Waals surface area contributed by atoms with Crippen LogP contribution >= 0.6 is 11.6 Å². The summed E-state index contributed by atoms with van der Waals surface area (Å²) in [4.78, 5) is 11.7. The molecule has 0 atom stereocenters. The molecule has 0 saturated heterocycles. The fourth-order valence-electron chi connectivity index (χ4n) is 1.41. The van der Waals surface area contributed by atoms with Gasteiger partial charge < -0.3 is 5.32 Å². The standard InChI is InChI=1S/C12H16ClNO3S/c1-3-4-7-14-12(15)9-5-6-10(13)11(8-9)18(2,16)17/h5-6,8H,3-4,7H2,1-2H3,(H,14,15). The second-order valence-corrected chi connectivity index (χ2v) is 6.42. The highest BCUT2D eigenvalue weighted by Crippen LogP contribution is 2.22. The highest BCUT2D eigenvalue weighted by atomic mass is 35.5. The Morgan fingerprint density at radius 2 is 2.06 bits per heavy atom. The van der Waals surface area contributed by atoms with Gasteiger partial charge in [-0.15, -0.1) is 0 Å². The van der Waals surface area contributed by atoms with Crippen LogP contribution < -0.4 is 5.32 Å². The molecule has 1 amide bonds. The SMILES string of the molecule is CCCCNC(=O)c1ccc(Cl)c(S(C)(=O)=O)c1. The van der Waals surface area contributed by atoms with Gasteiger partial charge in [0.25, 0.3) is 5.91 Å². The predicted molar refractivity (Wildman–Crippen MR) is 71.8 cm³/mol. The van der Waals surface area contributed by atoms with Gasteiger partial charge >= 0.3 is 0 Å². The largest absolute Gasteiger partial charge is 0.352 e. The number of rotatable bonds is 5. The number of hydrogen-bond acceptors (Lipinski definition) is 3. The van der Waals surface area contributed by atoms with Crippen molar-refractivity contribution in [2.45, 2.75) is 24.7 Å². The Labute approximate surface area is 112 Å². The van der Waals surface area contributed by atoms with Crippen LogP contribution in [0.3, 0.4) is 0 Å². The van der Waals surface area contributed by atoms with Crippen LogP contribution in [-0.4, -0.2) is 27.1 Å². The average Bonchev–Trinajstić information content (AvgIpc) is 2.28. The summed E-state index contributed by atoms with van der Waals surface area (Å²) in [5.41, 5.74) is 0.302. The Hall–Kier alpha value is -1.07. The van der Waals surface area contributed by atoms with Gasteiger partial charge in [-0.05, 0) is 24.6 Å². The lowest BCUT2D eigenvalue weighted by Gasteiger charge is -2.07. The third-order valence-electron chi connectivity index (χ3n) is 2.41. The molecule has 0 spiro atoms. The minimum absolute atomic E-state index is 0.0210. The van der Waals surface area contributed by atoms with Gasteiger partial charge in [-0.25, -0.2) is 8.42 Å². The molecule has 6 heteroatoms. The summed E-state index contributed by atoms with van der Waals surface area (Å²) in [6, 6.07) is 4.24. The van der Waals surface area contributed by atoms with Crippen molar-refractivity contribution in [3.63, 3.8) is 0 Å². The summed E-state index contributed by atoms with van der Waals surface area (Å²) in [7, 11) is -3.43. The van der Waals surface area contributed by atoms with Crippen LogP contribution in [0.1, 0.15) is 30.1 Å². The summed E-state index contributed by atoms with van der Waals surface area (Å²) in [5.74, 6) is -0.287. The Balaban J connectivity index is 2.95. The van der Waals surface area contributed by atoms with E-state index in [1.54, 1.807) is 0 Å². The number of nitrogens with one attached hydrogen (secondary N) is 1. The molecule has 0 saturated carbocycles. The van der Waals surface area contributed by atoms with E-state index >= 15 is 0 Å². The minimum atomic E-state index is -3.43. The first-order chi connectivity index (χ1) is 8.36. The van der Waals surface area contributed by atoms with Crippen LogP contribution in [0, 0.1) is 0 Å². The topological polar surface area (TPSA) is 63.2 Å². The maximum Gasteiger partial charge on any atom is 0.251 e. The summed E-state index contributed by atoms with van der Waals surface area (Å²) >= 11 is 5.80. The predicted octanol–water partition coefficient (Wildman–Crippen LogP) is 2.27. The van der Waals surface area contributed by atoms with E-state index in [0.717, 1.165) is 19.1 Å². The molecule has 4 nitrogen and oxygen atoms in total. The molecule has 1 aromatic carbocycles. The Morgan fingerprint density at radius 1 is 1.39 bits per heavy atom. The second kappa shape index (κ2) is 6.20. The van der Waals surface area contributed by atoms with Gasteiger partial charge in [0, 0.05) is 18.4 Å². The molecular formula is C12H16ClNO3S. The fraction of sp³-hybridized carbons (Fsp3) is 0.417. The molecule has 0 aliphatic rings. The second-order valence-electron chi connectivity index (χ2n) is 4.03. The molecule has 0 radical (unpaired) electrons. The summed E-state index contributed by atoms with van der Waals surface area (Å²) in [5, 5.41) is 2.85. The molecule has 0 aliphatic heterocycles. The lowest BCUT2D eigenvalue weighted by molar-refractivity contribution is 0.0953. The van der Waals surface area contributed by atoms with Gasteiger partial charge in [0.2, 0.25) is 0 Å². The zero-order valence-electron chi connectivity index (χ0n) is 10.4. The molecule has 0 unspecified atom stereocenters. The number of hydrogen-bond donors (Lipinski definition) is 1. The highest BCUT2D eigenvalue weighted by Gasteiger charge is 2.15. The van der Waals surface area contributed by atoms with Gasteiger partial charge in [0.1, 0.15) is 0 Å². The Morgan fingerprint density at radius 3 is 2.61 bits per heavy atom. The maximum atomic E-state index is 11.8. The molecule has 100 valence electrons. The van der Waals surface area contributed by atoms with Gasteiger partial charge in [-0.3, -0.25) is 4.79 Å². The van der Waals surface area contributed by atoms with Crippen molar-refractivity contribution in [2.75, 3.05) is 12.8 Å². The van der Waals surface area contributed by atoms with Crippen molar-refractivity contribution < 1.29 is 13.2 Å². The first-order valence-corrected chi connectivity index (χ1v) is 7.91. The van der Waals surface area contributed by atoms with E-state index in [4.69, 9.17) is 11.6 Å². The average molecular weight is 290 g/mol. The first kappa shape index (κ1) is 15.0. The van der Waals surface area contributed by atoms with Crippen molar-refractivity contribution in [3.05, 3.63) is 28.8 Å². The first-order valence-electron chi connectivity index (χ1n) is 5.64. The third kappa shape index (κ3) is 3.99. The molecule has 0 aliphatic carbocycles. The zero-order chi connectivity index (χ0) is 13.8. The van der Waals surface area contributed by atoms with Gasteiger partial charge in [-0.1, -0.05) is 24.9 Å². The molecular weight excluding hydrogens is 274 g/mol. The molecule has 0 aromatic heterocycles. The van der Waals surface area contributed by atoms with Gasteiger partial charge in [0.15, 0.2) is 9.84 Å². The molecule has 1 N–H and O–H groups in total. The van der Waals surface area contributed by atoms with E-state index in [-0.39, 0.29) is 15.8 Å². The minimum Gasteiger partial charge on any atom is -0.352 e. The van der Waals surface area contributed by atoms with Crippen LogP contribution in [0.25, 0.3) is 0 Å². The van der Waals surface area contributed by atoms with Crippen molar-refractivity contribution >= 4 is 27.3 Å². The smallest absolute Gasteiger partial charge is 0.251 e. The van der Waals surface area contributed by atoms with E-state index in [1.807, 2.05) is 6.92 Å². The molecule has 0 bridgehead atoms. The van der Waals surface area contributed by atoms with E-state index in [2.05, 4.69) is 5.32 Å². The quantitative estimate of drug-likeness (QED) is 0.846. The lowest BCUT2D eigenvalue weighted by Crippen LogP contribution is -2.24. The number of halogens is 1. The molecule has 0 heterocycles. The number of carbonyl (C=O) groups excluding carboxylic acids is 1. The molecule has 1 rings (SSSR count). The van der Waals surface area contributed by atoms with Crippen LogP contribution in [0.4, 0.5) is 0 Å². The number of carbonyl (C=O) groups is 1. The summed E-state index contributed by atoms with van der Waals surface area (Å²) in [6.45, 7) is 2.60. The van der Waals surface area contributed by atoms with Crippen molar-refractivity contribution in [1.82, 2.24) is 5.32 Å². The number of amides is 1. The summed E-state index contributed by atoms with van der Waals surface area (Å²) in [6.07, 6.45) is 2.93.